The van der Waals surface area contributed by atoms with Crippen LogP contribution in [0.2, 0.25) is 5.02 Å². The number of hydrogen-bond acceptors (Lipinski definition) is 4. The average Bonchev–Trinajstić information content (AvgIpc) is 2.97. The lowest BCUT2D eigenvalue weighted by Gasteiger charge is -1.99. The Kier molecular flexibility index (Phi) is 3.50. The summed E-state index contributed by atoms with van der Waals surface area (Å²) in [6, 6.07) is 10.1. The van der Waals surface area contributed by atoms with Crippen molar-refractivity contribution in [2.45, 2.75) is 6.42 Å². The summed E-state index contributed by atoms with van der Waals surface area (Å²) in [6.45, 7) is 0.911. The highest BCUT2D eigenvalue weighted by molar-refractivity contribution is 7.22. The van der Waals surface area contributed by atoms with E-state index in [1.165, 1.54) is 4.88 Å². The maximum absolute atomic E-state index is 5.95. The Bertz CT molecular complexity index is 646. The summed E-state index contributed by atoms with van der Waals surface area (Å²) in [6.07, 6.45) is 1.04. The molecule has 0 aliphatic carbocycles. The third-order valence-electron chi connectivity index (χ3n) is 2.58. The average molecular weight is 295 g/mol. The molecule has 0 aliphatic rings. The predicted molar refractivity (Wildman–Crippen MR) is 81.1 cm³/mol. The zero-order valence-electron chi connectivity index (χ0n) is 9.52. The van der Waals surface area contributed by atoms with E-state index < -0.39 is 0 Å². The van der Waals surface area contributed by atoms with E-state index in [0.29, 0.717) is 0 Å². The zero-order chi connectivity index (χ0) is 12.4. The van der Waals surface area contributed by atoms with E-state index in [9.17, 15) is 0 Å². The first-order valence-electron chi connectivity index (χ1n) is 5.63. The highest BCUT2D eigenvalue weighted by Crippen LogP contribution is 2.27. The molecule has 0 spiro atoms. The minimum absolute atomic E-state index is 0.734. The number of rotatable bonds is 4. The van der Waals surface area contributed by atoms with Crippen molar-refractivity contribution in [3.05, 3.63) is 45.6 Å². The first-order valence-corrected chi connectivity index (χ1v) is 7.71. The molecule has 18 heavy (non-hydrogen) atoms. The lowest BCUT2D eigenvalue weighted by atomic mass is 10.3. The Hall–Kier alpha value is -1.10. The Labute approximate surface area is 118 Å². The second-order valence-electron chi connectivity index (χ2n) is 3.89. The monoisotopic (exact) mass is 294 g/mol. The van der Waals surface area contributed by atoms with Crippen LogP contribution in [-0.2, 0) is 6.42 Å². The molecule has 0 radical (unpaired) electrons. The van der Waals surface area contributed by atoms with E-state index in [1.807, 2.05) is 18.2 Å². The zero-order valence-corrected chi connectivity index (χ0v) is 11.9. The Morgan fingerprint density at radius 1 is 1.28 bits per heavy atom. The van der Waals surface area contributed by atoms with Gasteiger partial charge >= 0.3 is 0 Å². The van der Waals surface area contributed by atoms with Crippen molar-refractivity contribution >= 4 is 49.6 Å². The third kappa shape index (κ3) is 2.66. The van der Waals surface area contributed by atoms with Gasteiger partial charge in [0.2, 0.25) is 0 Å². The Morgan fingerprint density at radius 2 is 2.22 bits per heavy atom. The highest BCUT2D eigenvalue weighted by atomic mass is 35.5. The van der Waals surface area contributed by atoms with Crippen molar-refractivity contribution in [3.8, 4) is 0 Å². The number of halogens is 1. The van der Waals surface area contributed by atoms with Gasteiger partial charge in [0, 0.05) is 16.4 Å². The number of nitrogens with zero attached hydrogens (tertiary/aromatic N) is 1. The molecule has 0 amide bonds. The number of anilines is 1. The summed E-state index contributed by atoms with van der Waals surface area (Å²) in [4.78, 5) is 5.91. The molecular weight excluding hydrogens is 284 g/mol. The van der Waals surface area contributed by atoms with E-state index in [1.54, 1.807) is 22.7 Å². The molecule has 0 bridgehead atoms. The number of thiazole rings is 1. The van der Waals surface area contributed by atoms with Gasteiger partial charge in [-0.25, -0.2) is 4.98 Å². The number of thiophene rings is 1. The van der Waals surface area contributed by atoms with E-state index in [-0.39, 0.29) is 0 Å². The van der Waals surface area contributed by atoms with Crippen molar-refractivity contribution in [2.24, 2.45) is 0 Å². The van der Waals surface area contributed by atoms with Gasteiger partial charge in [0.1, 0.15) is 0 Å². The maximum Gasteiger partial charge on any atom is 0.183 e. The van der Waals surface area contributed by atoms with Gasteiger partial charge < -0.3 is 5.32 Å². The molecule has 2 heterocycles. The van der Waals surface area contributed by atoms with Crippen LogP contribution in [0, 0.1) is 0 Å². The SMILES string of the molecule is Clc1ccc2sc(NCCc3cccs3)nc2c1. The Morgan fingerprint density at radius 3 is 3.06 bits per heavy atom. The van der Waals surface area contributed by atoms with Crippen molar-refractivity contribution in [2.75, 3.05) is 11.9 Å². The molecule has 5 heteroatoms. The summed E-state index contributed by atoms with van der Waals surface area (Å²) in [7, 11) is 0. The van der Waals surface area contributed by atoms with E-state index >= 15 is 0 Å². The standard InChI is InChI=1S/C13H11ClN2S2/c14-9-3-4-12-11(8-9)16-13(18-12)15-6-5-10-2-1-7-17-10/h1-4,7-8H,5-6H2,(H,15,16). The molecule has 0 saturated carbocycles. The second-order valence-corrected chi connectivity index (χ2v) is 6.39. The fraction of sp³-hybridized carbons (Fsp3) is 0.154. The molecule has 3 aromatic rings. The van der Waals surface area contributed by atoms with Crippen LogP contribution in [0.3, 0.4) is 0 Å². The Balaban J connectivity index is 1.67. The molecule has 3 rings (SSSR count). The fourth-order valence-electron chi connectivity index (χ4n) is 1.72. The van der Waals surface area contributed by atoms with Crippen LogP contribution < -0.4 is 5.32 Å². The van der Waals surface area contributed by atoms with Crippen molar-refractivity contribution < 1.29 is 0 Å². The normalized spacial score (nSPS) is 10.9. The van der Waals surface area contributed by atoms with Gasteiger partial charge in [0.05, 0.1) is 10.2 Å². The van der Waals surface area contributed by atoms with Gasteiger partial charge in [-0.15, -0.1) is 11.3 Å². The van der Waals surface area contributed by atoms with Crippen LogP contribution in [0.4, 0.5) is 5.13 Å². The molecule has 0 atom stereocenters. The summed E-state index contributed by atoms with van der Waals surface area (Å²) in [5.41, 5.74) is 0.964. The molecule has 2 aromatic heterocycles. The van der Waals surface area contributed by atoms with Crippen LogP contribution in [0.15, 0.2) is 35.7 Å². The number of hydrogen-bond donors (Lipinski definition) is 1. The number of benzene rings is 1. The molecule has 2 nitrogen and oxygen atoms in total. The third-order valence-corrected chi connectivity index (χ3v) is 4.74. The number of nitrogens with one attached hydrogen (secondary N) is 1. The van der Waals surface area contributed by atoms with Crippen LogP contribution >= 0.6 is 34.3 Å². The van der Waals surface area contributed by atoms with Crippen LogP contribution in [0.1, 0.15) is 4.88 Å². The maximum atomic E-state index is 5.95. The minimum Gasteiger partial charge on any atom is -0.361 e. The minimum atomic E-state index is 0.734. The summed E-state index contributed by atoms with van der Waals surface area (Å²) >= 11 is 9.40. The first kappa shape index (κ1) is 12.0. The quantitative estimate of drug-likeness (QED) is 0.756. The van der Waals surface area contributed by atoms with Crippen molar-refractivity contribution in [3.63, 3.8) is 0 Å². The van der Waals surface area contributed by atoms with E-state index in [4.69, 9.17) is 11.6 Å². The van der Waals surface area contributed by atoms with Crippen molar-refractivity contribution in [1.82, 2.24) is 4.98 Å². The van der Waals surface area contributed by atoms with Gasteiger partial charge in [-0.3, -0.25) is 0 Å². The molecule has 0 fully saturated rings. The van der Waals surface area contributed by atoms with Gasteiger partial charge in [-0.1, -0.05) is 29.0 Å². The highest BCUT2D eigenvalue weighted by Gasteiger charge is 2.03. The van der Waals surface area contributed by atoms with Gasteiger partial charge in [0.15, 0.2) is 5.13 Å². The van der Waals surface area contributed by atoms with Gasteiger partial charge in [0.25, 0.3) is 0 Å². The second kappa shape index (κ2) is 5.26. The molecule has 0 saturated heterocycles. The summed E-state index contributed by atoms with van der Waals surface area (Å²) in [5, 5.41) is 7.17. The smallest absolute Gasteiger partial charge is 0.183 e. The predicted octanol–water partition coefficient (Wildman–Crippen LogP) is 4.67. The van der Waals surface area contributed by atoms with Crippen molar-refractivity contribution in [1.29, 1.82) is 0 Å². The largest absolute Gasteiger partial charge is 0.361 e. The molecule has 1 aromatic carbocycles. The van der Waals surface area contributed by atoms with E-state index in [0.717, 1.165) is 33.3 Å². The van der Waals surface area contributed by atoms with Gasteiger partial charge in [-0.05, 0) is 36.1 Å². The van der Waals surface area contributed by atoms with Crippen LogP contribution in [0.25, 0.3) is 10.2 Å². The summed E-state index contributed by atoms with van der Waals surface area (Å²) < 4.78 is 1.16. The number of fused-ring (bicyclic) bond motifs is 1. The molecule has 92 valence electrons. The van der Waals surface area contributed by atoms with Crippen LogP contribution in [0.5, 0.6) is 0 Å². The van der Waals surface area contributed by atoms with Crippen LogP contribution in [-0.4, -0.2) is 11.5 Å². The summed E-state index contributed by atoms with van der Waals surface area (Å²) in [5.74, 6) is 0. The molecular formula is C13H11ClN2S2. The topological polar surface area (TPSA) is 24.9 Å². The number of aromatic nitrogens is 1. The molecule has 0 unspecified atom stereocenters. The lowest BCUT2D eigenvalue weighted by Crippen LogP contribution is -2.03. The molecule has 0 aliphatic heterocycles. The fourth-order valence-corrected chi connectivity index (χ4v) is 3.47. The van der Waals surface area contributed by atoms with Gasteiger partial charge in [-0.2, -0.15) is 0 Å². The first-order chi connectivity index (χ1) is 8.81. The van der Waals surface area contributed by atoms with E-state index in [2.05, 4.69) is 27.8 Å². The molecule has 1 N–H and O–H groups in total. The lowest BCUT2D eigenvalue weighted by molar-refractivity contribution is 1.04.